The first-order valence-corrected chi connectivity index (χ1v) is 11.1. The number of hydrogen-bond acceptors (Lipinski definition) is 5. The normalized spacial score (nSPS) is 11.4. The predicted octanol–water partition coefficient (Wildman–Crippen LogP) is 4.42. The average Bonchev–Trinajstić information content (AvgIpc) is 2.69. The Morgan fingerprint density at radius 1 is 1.14 bits per heavy atom. The molecule has 2 N–H and O–H groups in total. The van der Waals surface area contributed by atoms with E-state index in [9.17, 15) is 18.3 Å². The fourth-order valence-corrected chi connectivity index (χ4v) is 4.18. The van der Waals surface area contributed by atoms with E-state index in [-0.39, 0.29) is 16.2 Å². The van der Waals surface area contributed by atoms with Gasteiger partial charge < -0.3 is 15.2 Å². The molecule has 0 aliphatic carbocycles. The highest BCUT2D eigenvalue weighted by molar-refractivity contribution is 7.89. The Balaban J connectivity index is 2.67. The number of rotatable bonds is 11. The molecule has 158 valence electrons. The van der Waals surface area contributed by atoms with Gasteiger partial charge in [-0.25, -0.2) is 17.5 Å². The van der Waals surface area contributed by atoms with E-state index in [1.165, 1.54) is 17.4 Å². The topological polar surface area (TPSA) is 95.9 Å². The van der Waals surface area contributed by atoms with Crippen LogP contribution in [0.3, 0.4) is 0 Å². The second kappa shape index (κ2) is 10.3. The molecule has 0 aliphatic rings. The molecule has 2 aromatic rings. The van der Waals surface area contributed by atoms with Crippen molar-refractivity contribution in [1.82, 2.24) is 4.31 Å². The van der Waals surface area contributed by atoms with Crippen molar-refractivity contribution in [2.75, 3.05) is 25.5 Å². The van der Waals surface area contributed by atoms with E-state index in [0.717, 1.165) is 18.9 Å². The number of sulfonamides is 1. The number of carboxylic acids is 1. The summed E-state index contributed by atoms with van der Waals surface area (Å²) in [7, 11) is -2.48. The highest BCUT2D eigenvalue weighted by Gasteiger charge is 2.29. The van der Waals surface area contributed by atoms with Crippen molar-refractivity contribution in [2.24, 2.45) is 0 Å². The van der Waals surface area contributed by atoms with Crippen LogP contribution in [0.2, 0.25) is 0 Å². The zero-order chi connectivity index (χ0) is 21.4. The van der Waals surface area contributed by atoms with Crippen LogP contribution >= 0.6 is 0 Å². The van der Waals surface area contributed by atoms with Crippen molar-refractivity contribution in [2.45, 2.75) is 38.0 Å². The van der Waals surface area contributed by atoms with Gasteiger partial charge in [-0.3, -0.25) is 0 Å². The number of carbonyl (C=O) groups is 1. The average molecular weight is 421 g/mol. The standard InChI is InChI=1S/C21H28N2O5S/c1-4-6-12-22-18-14-16(21(24)25)15-19(29(26,27)23(3)13-5-2)20(18)28-17-10-8-7-9-11-17/h7-11,14-15,22H,4-6,12-13H2,1-3H3,(H,24,25). The highest BCUT2D eigenvalue weighted by atomic mass is 32.2. The number of benzene rings is 2. The van der Waals surface area contributed by atoms with Crippen molar-refractivity contribution >= 4 is 21.7 Å². The second-order valence-electron chi connectivity index (χ2n) is 6.68. The largest absolute Gasteiger partial charge is 0.478 e. The van der Waals surface area contributed by atoms with E-state index in [1.807, 2.05) is 19.9 Å². The molecule has 0 radical (unpaired) electrons. The first kappa shape index (κ1) is 22.7. The molecule has 0 amide bonds. The number of nitrogens with zero attached hydrogens (tertiary/aromatic N) is 1. The summed E-state index contributed by atoms with van der Waals surface area (Å²) in [5.74, 6) is -0.645. The maximum absolute atomic E-state index is 13.2. The van der Waals surface area contributed by atoms with Gasteiger partial charge in [0, 0.05) is 20.1 Å². The predicted molar refractivity (Wildman–Crippen MR) is 113 cm³/mol. The van der Waals surface area contributed by atoms with Gasteiger partial charge in [-0.05, 0) is 37.1 Å². The van der Waals surface area contributed by atoms with Crippen LogP contribution in [0.5, 0.6) is 11.5 Å². The van der Waals surface area contributed by atoms with Crippen molar-refractivity contribution in [3.63, 3.8) is 0 Å². The molecular formula is C21H28N2O5S. The van der Waals surface area contributed by atoms with Crippen LogP contribution < -0.4 is 10.1 Å². The third-order valence-corrected chi connectivity index (χ3v) is 6.20. The lowest BCUT2D eigenvalue weighted by Gasteiger charge is -2.22. The molecule has 0 spiro atoms. The van der Waals surface area contributed by atoms with Crippen LogP contribution in [-0.2, 0) is 10.0 Å². The summed E-state index contributed by atoms with van der Waals surface area (Å²) >= 11 is 0. The summed E-state index contributed by atoms with van der Waals surface area (Å²) in [6, 6.07) is 11.4. The summed E-state index contributed by atoms with van der Waals surface area (Å²) in [6.07, 6.45) is 2.41. The van der Waals surface area contributed by atoms with E-state index >= 15 is 0 Å². The van der Waals surface area contributed by atoms with Gasteiger partial charge in [-0.15, -0.1) is 0 Å². The lowest BCUT2D eigenvalue weighted by molar-refractivity contribution is 0.0696. The van der Waals surface area contributed by atoms with Gasteiger partial charge in [-0.1, -0.05) is 38.5 Å². The van der Waals surface area contributed by atoms with Crippen LogP contribution in [0.15, 0.2) is 47.4 Å². The van der Waals surface area contributed by atoms with Gasteiger partial charge in [0.15, 0.2) is 5.75 Å². The van der Waals surface area contributed by atoms with E-state index in [4.69, 9.17) is 4.74 Å². The summed E-state index contributed by atoms with van der Waals surface area (Å²) in [5.41, 5.74) is 0.221. The number of carboxylic acid groups (broad SMARTS) is 1. The first-order chi connectivity index (χ1) is 13.8. The summed E-state index contributed by atoms with van der Waals surface area (Å²) in [6.45, 7) is 4.78. The lowest BCUT2D eigenvalue weighted by Crippen LogP contribution is -2.28. The number of aromatic carboxylic acids is 1. The fourth-order valence-electron chi connectivity index (χ4n) is 2.76. The van der Waals surface area contributed by atoms with Gasteiger partial charge in [0.1, 0.15) is 10.6 Å². The molecule has 0 atom stereocenters. The van der Waals surface area contributed by atoms with Crippen LogP contribution in [-0.4, -0.2) is 43.9 Å². The van der Waals surface area contributed by atoms with Crippen LogP contribution in [0.25, 0.3) is 0 Å². The zero-order valence-corrected chi connectivity index (χ0v) is 17.8. The van der Waals surface area contributed by atoms with Crippen LogP contribution in [0.4, 0.5) is 5.69 Å². The maximum atomic E-state index is 13.2. The van der Waals surface area contributed by atoms with E-state index in [2.05, 4.69) is 5.32 Å². The highest BCUT2D eigenvalue weighted by Crippen LogP contribution is 2.38. The van der Waals surface area contributed by atoms with E-state index in [0.29, 0.717) is 30.9 Å². The fraction of sp³-hybridized carbons (Fsp3) is 0.381. The Hall–Kier alpha value is -2.58. The molecule has 0 saturated carbocycles. The van der Waals surface area contributed by atoms with E-state index in [1.54, 1.807) is 24.3 Å². The summed E-state index contributed by atoms with van der Waals surface area (Å²) in [5, 5.41) is 12.7. The smallest absolute Gasteiger partial charge is 0.335 e. The number of para-hydroxylation sites is 1. The second-order valence-corrected chi connectivity index (χ2v) is 8.69. The van der Waals surface area contributed by atoms with Gasteiger partial charge in [0.2, 0.25) is 10.0 Å². The third-order valence-electron chi connectivity index (χ3n) is 4.34. The molecule has 0 fully saturated rings. The molecule has 29 heavy (non-hydrogen) atoms. The minimum absolute atomic E-state index is 0.0975. The summed E-state index contributed by atoms with van der Waals surface area (Å²) < 4.78 is 33.6. The molecule has 8 heteroatoms. The van der Waals surface area contributed by atoms with E-state index < -0.39 is 16.0 Å². The Kier molecular flexibility index (Phi) is 8.04. The Labute approximate surface area is 172 Å². The minimum Gasteiger partial charge on any atom is -0.478 e. The van der Waals surface area contributed by atoms with Gasteiger partial charge >= 0.3 is 5.97 Å². The molecular weight excluding hydrogens is 392 g/mol. The maximum Gasteiger partial charge on any atom is 0.335 e. The Morgan fingerprint density at radius 3 is 2.41 bits per heavy atom. The molecule has 0 saturated heterocycles. The molecule has 7 nitrogen and oxygen atoms in total. The van der Waals surface area contributed by atoms with Crippen molar-refractivity contribution in [3.8, 4) is 11.5 Å². The molecule has 0 heterocycles. The molecule has 0 unspecified atom stereocenters. The van der Waals surface area contributed by atoms with Gasteiger partial charge in [0.25, 0.3) is 0 Å². The van der Waals surface area contributed by atoms with Gasteiger partial charge in [0.05, 0.1) is 11.3 Å². The first-order valence-electron chi connectivity index (χ1n) is 9.65. The Bertz CT molecular complexity index is 930. The van der Waals surface area contributed by atoms with Gasteiger partial charge in [-0.2, -0.15) is 0 Å². The zero-order valence-electron chi connectivity index (χ0n) is 17.0. The molecule has 2 aromatic carbocycles. The Morgan fingerprint density at radius 2 is 1.83 bits per heavy atom. The quantitative estimate of drug-likeness (QED) is 0.523. The summed E-state index contributed by atoms with van der Waals surface area (Å²) in [4.78, 5) is 11.5. The van der Waals surface area contributed by atoms with Crippen LogP contribution in [0, 0.1) is 0 Å². The third kappa shape index (κ3) is 5.71. The van der Waals surface area contributed by atoms with Crippen LogP contribution in [0.1, 0.15) is 43.5 Å². The number of anilines is 1. The lowest BCUT2D eigenvalue weighted by atomic mass is 10.1. The van der Waals surface area contributed by atoms with Crippen molar-refractivity contribution in [3.05, 3.63) is 48.0 Å². The number of hydrogen-bond donors (Lipinski definition) is 2. The molecule has 0 aromatic heterocycles. The monoisotopic (exact) mass is 420 g/mol. The minimum atomic E-state index is -3.96. The number of nitrogens with one attached hydrogen (secondary N) is 1. The SMILES string of the molecule is CCCCNc1cc(C(=O)O)cc(S(=O)(=O)N(C)CCC)c1Oc1ccccc1. The van der Waals surface area contributed by atoms with Crippen molar-refractivity contribution < 1.29 is 23.1 Å². The number of ether oxygens (including phenoxy) is 1. The molecule has 0 aliphatic heterocycles. The number of unbranched alkanes of at least 4 members (excludes halogenated alkanes) is 1. The molecule has 2 rings (SSSR count). The van der Waals surface area contributed by atoms with Crippen molar-refractivity contribution in [1.29, 1.82) is 0 Å². The molecule has 0 bridgehead atoms.